The summed E-state index contributed by atoms with van der Waals surface area (Å²) in [5.41, 5.74) is 2.98. The number of benzene rings is 1. The number of hydrogen-bond donors (Lipinski definition) is 2. The predicted octanol–water partition coefficient (Wildman–Crippen LogP) is 3.98. The van der Waals surface area contributed by atoms with Gasteiger partial charge in [-0.15, -0.1) is 11.3 Å². The molecule has 0 aliphatic carbocycles. The van der Waals surface area contributed by atoms with Crippen LogP contribution in [0, 0.1) is 6.92 Å². The molecule has 8 nitrogen and oxygen atoms in total. The zero-order chi connectivity index (χ0) is 22.0. The summed E-state index contributed by atoms with van der Waals surface area (Å²) in [6, 6.07) is 7.24. The summed E-state index contributed by atoms with van der Waals surface area (Å²) in [5, 5.41) is 12.6. The van der Waals surface area contributed by atoms with E-state index in [0.29, 0.717) is 10.7 Å². The number of nitrogens with zero attached hydrogens (tertiary/aromatic N) is 4. The van der Waals surface area contributed by atoms with Gasteiger partial charge in [0.05, 0.1) is 29.7 Å². The molecule has 2 amide bonds. The van der Waals surface area contributed by atoms with Crippen LogP contribution >= 0.6 is 27.3 Å². The number of aryl methyl sites for hydroxylation is 2. The first kappa shape index (κ1) is 21.7. The van der Waals surface area contributed by atoms with Crippen LogP contribution in [-0.4, -0.2) is 44.6 Å². The van der Waals surface area contributed by atoms with E-state index < -0.39 is 0 Å². The van der Waals surface area contributed by atoms with Gasteiger partial charge in [0, 0.05) is 28.7 Å². The number of nitrogens with one attached hydrogen (secondary N) is 2. The molecule has 1 fully saturated rings. The lowest BCUT2D eigenvalue weighted by molar-refractivity contribution is -0.117. The minimum Gasteiger partial charge on any atom is -0.322 e. The molecule has 1 aliphatic heterocycles. The molecule has 1 aliphatic rings. The quantitative estimate of drug-likeness (QED) is 0.531. The summed E-state index contributed by atoms with van der Waals surface area (Å²) in [5.74, 6) is -0.259. The summed E-state index contributed by atoms with van der Waals surface area (Å²) in [6.45, 7) is 2.99. The lowest BCUT2D eigenvalue weighted by Crippen LogP contribution is -2.33. The SMILES string of the molecule is Cc1nn(C)cc1NC(=O)CN1CCCC1c1csc(NC(=O)c2ccc(Br)cc2)n1. The topological polar surface area (TPSA) is 92.2 Å². The van der Waals surface area contributed by atoms with Crippen LogP contribution in [0.1, 0.15) is 40.6 Å². The molecule has 1 unspecified atom stereocenters. The zero-order valence-corrected chi connectivity index (χ0v) is 19.7. The number of likely N-dealkylation sites (tertiary alicyclic amines) is 1. The van der Waals surface area contributed by atoms with Crippen LogP contribution in [0.5, 0.6) is 0 Å². The third-order valence-electron chi connectivity index (χ3n) is 5.19. The van der Waals surface area contributed by atoms with Crippen LogP contribution in [0.4, 0.5) is 10.8 Å². The van der Waals surface area contributed by atoms with Crippen molar-refractivity contribution in [3.8, 4) is 0 Å². The zero-order valence-electron chi connectivity index (χ0n) is 17.3. The largest absolute Gasteiger partial charge is 0.322 e. The van der Waals surface area contributed by atoms with Crippen molar-refractivity contribution in [2.45, 2.75) is 25.8 Å². The lowest BCUT2D eigenvalue weighted by atomic mass is 10.1. The molecule has 1 saturated heterocycles. The molecule has 10 heteroatoms. The van der Waals surface area contributed by atoms with Crippen LogP contribution in [0.2, 0.25) is 0 Å². The molecule has 0 radical (unpaired) electrons. The van der Waals surface area contributed by atoms with Crippen molar-refractivity contribution < 1.29 is 9.59 Å². The third-order valence-corrected chi connectivity index (χ3v) is 6.49. The molecule has 1 atom stereocenters. The van der Waals surface area contributed by atoms with Gasteiger partial charge in [-0.25, -0.2) is 4.98 Å². The number of thiazole rings is 1. The fourth-order valence-electron chi connectivity index (χ4n) is 3.71. The van der Waals surface area contributed by atoms with Crippen molar-refractivity contribution >= 4 is 49.9 Å². The summed E-state index contributed by atoms with van der Waals surface area (Å²) >= 11 is 4.77. The number of hydrogen-bond acceptors (Lipinski definition) is 6. The highest BCUT2D eigenvalue weighted by atomic mass is 79.9. The molecular formula is C21H23BrN6O2S. The molecule has 4 rings (SSSR count). The summed E-state index contributed by atoms with van der Waals surface area (Å²) < 4.78 is 2.60. The monoisotopic (exact) mass is 502 g/mol. The smallest absolute Gasteiger partial charge is 0.257 e. The maximum absolute atomic E-state index is 12.6. The van der Waals surface area contributed by atoms with E-state index in [4.69, 9.17) is 0 Å². The van der Waals surface area contributed by atoms with Crippen molar-refractivity contribution in [3.63, 3.8) is 0 Å². The van der Waals surface area contributed by atoms with Gasteiger partial charge >= 0.3 is 0 Å². The normalized spacial score (nSPS) is 16.4. The van der Waals surface area contributed by atoms with Gasteiger partial charge in [-0.3, -0.25) is 24.5 Å². The number of aromatic nitrogens is 3. The first-order chi connectivity index (χ1) is 14.9. The number of carbonyl (C=O) groups is 2. The average Bonchev–Trinajstić information content (AvgIpc) is 3.43. The fourth-order valence-corrected chi connectivity index (χ4v) is 4.73. The fraction of sp³-hybridized carbons (Fsp3) is 0.333. The number of anilines is 2. The number of amides is 2. The number of rotatable bonds is 6. The van der Waals surface area contributed by atoms with Crippen LogP contribution < -0.4 is 10.6 Å². The molecule has 1 aromatic carbocycles. The Morgan fingerprint density at radius 1 is 1.26 bits per heavy atom. The van der Waals surface area contributed by atoms with Gasteiger partial charge in [0.15, 0.2) is 5.13 Å². The molecule has 0 bridgehead atoms. The first-order valence-corrected chi connectivity index (χ1v) is 11.6. The summed E-state index contributed by atoms with van der Waals surface area (Å²) in [6.07, 6.45) is 3.74. The van der Waals surface area contributed by atoms with E-state index in [-0.39, 0.29) is 24.4 Å². The van der Waals surface area contributed by atoms with E-state index >= 15 is 0 Å². The third kappa shape index (κ3) is 5.20. The predicted molar refractivity (Wildman–Crippen MR) is 124 cm³/mol. The van der Waals surface area contributed by atoms with Gasteiger partial charge in [0.2, 0.25) is 5.91 Å². The maximum Gasteiger partial charge on any atom is 0.257 e. The minimum atomic E-state index is -0.192. The van der Waals surface area contributed by atoms with E-state index in [2.05, 4.69) is 41.5 Å². The highest BCUT2D eigenvalue weighted by Crippen LogP contribution is 2.33. The van der Waals surface area contributed by atoms with E-state index in [1.165, 1.54) is 11.3 Å². The van der Waals surface area contributed by atoms with Gasteiger partial charge in [0.25, 0.3) is 5.91 Å². The van der Waals surface area contributed by atoms with E-state index in [0.717, 1.165) is 40.9 Å². The Kier molecular flexibility index (Phi) is 6.49. The van der Waals surface area contributed by atoms with E-state index in [1.807, 2.05) is 31.5 Å². The Labute approximate surface area is 192 Å². The molecular weight excluding hydrogens is 480 g/mol. The lowest BCUT2D eigenvalue weighted by Gasteiger charge is -2.22. The number of carbonyl (C=O) groups excluding carboxylic acids is 2. The van der Waals surface area contributed by atoms with Crippen LogP contribution in [0.25, 0.3) is 0 Å². The molecule has 0 spiro atoms. The Morgan fingerprint density at radius 3 is 2.74 bits per heavy atom. The van der Waals surface area contributed by atoms with Gasteiger partial charge in [0.1, 0.15) is 0 Å². The van der Waals surface area contributed by atoms with Crippen LogP contribution in [-0.2, 0) is 11.8 Å². The van der Waals surface area contributed by atoms with E-state index in [9.17, 15) is 9.59 Å². The Morgan fingerprint density at radius 2 is 2.03 bits per heavy atom. The van der Waals surface area contributed by atoms with Crippen molar-refractivity contribution in [3.05, 3.63) is 57.3 Å². The molecule has 0 saturated carbocycles. The molecule has 162 valence electrons. The minimum absolute atomic E-state index is 0.0651. The molecule has 31 heavy (non-hydrogen) atoms. The highest BCUT2D eigenvalue weighted by Gasteiger charge is 2.29. The van der Waals surface area contributed by atoms with Gasteiger partial charge in [-0.05, 0) is 50.6 Å². The Hall–Kier alpha value is -2.56. The molecule has 2 N–H and O–H groups in total. The van der Waals surface area contributed by atoms with Crippen molar-refractivity contribution in [1.82, 2.24) is 19.7 Å². The molecule has 3 heterocycles. The van der Waals surface area contributed by atoms with E-state index in [1.54, 1.807) is 23.0 Å². The van der Waals surface area contributed by atoms with Crippen molar-refractivity contribution in [1.29, 1.82) is 0 Å². The Bertz CT molecular complexity index is 1090. The summed E-state index contributed by atoms with van der Waals surface area (Å²) in [4.78, 5) is 31.8. The van der Waals surface area contributed by atoms with Gasteiger partial charge < -0.3 is 5.32 Å². The second-order valence-electron chi connectivity index (χ2n) is 7.52. The standard InChI is InChI=1S/C21H23BrN6O2S/c1-13-16(10-27(2)26-13)23-19(29)11-28-9-3-4-18(28)17-12-31-21(24-17)25-20(30)14-5-7-15(22)8-6-14/h5-8,10,12,18H,3-4,9,11H2,1-2H3,(H,23,29)(H,24,25,30). The summed E-state index contributed by atoms with van der Waals surface area (Å²) in [7, 11) is 1.83. The Balaban J connectivity index is 1.38. The van der Waals surface area contributed by atoms with Crippen molar-refractivity contribution in [2.75, 3.05) is 23.7 Å². The van der Waals surface area contributed by atoms with Crippen LogP contribution in [0.15, 0.2) is 40.3 Å². The number of halogens is 1. The highest BCUT2D eigenvalue weighted by molar-refractivity contribution is 9.10. The average molecular weight is 503 g/mol. The maximum atomic E-state index is 12.6. The van der Waals surface area contributed by atoms with Gasteiger partial charge in [-0.1, -0.05) is 15.9 Å². The molecule has 3 aromatic rings. The van der Waals surface area contributed by atoms with Gasteiger partial charge in [-0.2, -0.15) is 5.10 Å². The van der Waals surface area contributed by atoms with Crippen molar-refractivity contribution in [2.24, 2.45) is 7.05 Å². The second-order valence-corrected chi connectivity index (χ2v) is 9.29. The molecule has 2 aromatic heterocycles. The van der Waals surface area contributed by atoms with Crippen LogP contribution in [0.3, 0.4) is 0 Å². The second kappa shape index (κ2) is 9.29. The first-order valence-electron chi connectivity index (χ1n) is 9.95.